The standard InChI is InChI=1S/C9H18.C6H8BrN3.C3H8/c1-8(2)9-6-4-3-5-7-9;1-3-5(8)2-4(7)6(9)10-3;1-3-2/h8-9H,3-7H2,1-2H3;2H,8H2,1H3,(H2,9,10);3H2,1-2H3. The smallest absolute Gasteiger partial charge is 0.138 e. The summed E-state index contributed by atoms with van der Waals surface area (Å²) in [4.78, 5) is 3.98. The van der Waals surface area contributed by atoms with Gasteiger partial charge in [0.05, 0.1) is 15.9 Å². The highest BCUT2D eigenvalue weighted by molar-refractivity contribution is 9.10. The largest absolute Gasteiger partial charge is 0.397 e. The topological polar surface area (TPSA) is 64.9 Å². The van der Waals surface area contributed by atoms with E-state index in [9.17, 15) is 0 Å². The Labute approximate surface area is 145 Å². The summed E-state index contributed by atoms with van der Waals surface area (Å²) in [5, 5.41) is 0. The number of nitrogen functional groups attached to an aromatic ring is 2. The lowest BCUT2D eigenvalue weighted by Gasteiger charge is -2.24. The van der Waals surface area contributed by atoms with Crippen molar-refractivity contribution in [1.82, 2.24) is 4.98 Å². The van der Waals surface area contributed by atoms with Crippen LogP contribution in [0.2, 0.25) is 0 Å². The van der Waals surface area contributed by atoms with E-state index in [1.54, 1.807) is 6.07 Å². The fourth-order valence-corrected chi connectivity index (χ4v) is 2.75. The summed E-state index contributed by atoms with van der Waals surface area (Å²) in [5.74, 6) is 2.47. The molecule has 0 aromatic carbocycles. The van der Waals surface area contributed by atoms with E-state index in [1.807, 2.05) is 6.92 Å². The lowest BCUT2D eigenvalue weighted by molar-refractivity contribution is 0.279. The molecule has 0 atom stereocenters. The van der Waals surface area contributed by atoms with Crippen molar-refractivity contribution < 1.29 is 0 Å². The highest BCUT2D eigenvalue weighted by atomic mass is 79.9. The number of aryl methyl sites for hydroxylation is 1. The van der Waals surface area contributed by atoms with Crippen LogP contribution >= 0.6 is 15.9 Å². The van der Waals surface area contributed by atoms with Crippen LogP contribution in [-0.2, 0) is 0 Å². The Morgan fingerprint density at radius 2 is 1.68 bits per heavy atom. The van der Waals surface area contributed by atoms with Crippen molar-refractivity contribution in [1.29, 1.82) is 0 Å². The van der Waals surface area contributed by atoms with Crippen LogP contribution in [0.15, 0.2) is 10.5 Å². The molecule has 0 amide bonds. The third kappa shape index (κ3) is 8.62. The molecule has 4 heteroatoms. The van der Waals surface area contributed by atoms with Crippen molar-refractivity contribution in [2.75, 3.05) is 11.5 Å². The third-order valence-corrected chi connectivity index (χ3v) is 4.46. The highest BCUT2D eigenvalue weighted by Crippen LogP contribution is 2.29. The SMILES string of the molecule is CC(C)C1CCCCC1.CCC.Cc1nc(N)c(Br)cc1N. The molecule has 3 nitrogen and oxygen atoms in total. The van der Waals surface area contributed by atoms with E-state index in [1.165, 1.54) is 38.5 Å². The molecule has 0 radical (unpaired) electrons. The lowest BCUT2D eigenvalue weighted by atomic mass is 9.82. The molecule has 1 aliphatic carbocycles. The quantitative estimate of drug-likeness (QED) is 0.640. The number of nitrogens with zero attached hydrogens (tertiary/aromatic N) is 1. The number of rotatable bonds is 1. The number of aromatic nitrogens is 1. The van der Waals surface area contributed by atoms with Crippen molar-refractivity contribution in [2.24, 2.45) is 11.8 Å². The molecule has 1 aromatic heterocycles. The molecule has 1 saturated carbocycles. The zero-order valence-electron chi connectivity index (χ0n) is 15.0. The van der Waals surface area contributed by atoms with Gasteiger partial charge >= 0.3 is 0 Å². The molecule has 22 heavy (non-hydrogen) atoms. The first kappa shape index (κ1) is 21.2. The summed E-state index contributed by atoms with van der Waals surface area (Å²) in [6, 6.07) is 1.75. The van der Waals surface area contributed by atoms with E-state index in [2.05, 4.69) is 48.6 Å². The first-order chi connectivity index (χ1) is 10.3. The summed E-state index contributed by atoms with van der Waals surface area (Å²) >= 11 is 3.21. The second kappa shape index (κ2) is 11.8. The predicted octanol–water partition coefficient (Wildman–Crippen LogP) is 5.96. The van der Waals surface area contributed by atoms with E-state index in [0.717, 1.165) is 22.0 Å². The van der Waals surface area contributed by atoms with Gasteiger partial charge in [-0.3, -0.25) is 0 Å². The highest BCUT2D eigenvalue weighted by Gasteiger charge is 2.15. The third-order valence-electron chi connectivity index (χ3n) is 3.83. The van der Waals surface area contributed by atoms with Gasteiger partial charge in [-0.25, -0.2) is 4.98 Å². The van der Waals surface area contributed by atoms with Crippen molar-refractivity contribution >= 4 is 27.4 Å². The van der Waals surface area contributed by atoms with Crippen LogP contribution in [0.25, 0.3) is 0 Å². The fraction of sp³-hybridized carbons (Fsp3) is 0.722. The van der Waals surface area contributed by atoms with Gasteiger partial charge < -0.3 is 11.5 Å². The van der Waals surface area contributed by atoms with Crippen LogP contribution in [0.4, 0.5) is 11.5 Å². The second-order valence-electron chi connectivity index (χ2n) is 6.38. The molecule has 128 valence electrons. The molecule has 0 saturated heterocycles. The van der Waals surface area contributed by atoms with Crippen LogP contribution in [0.3, 0.4) is 0 Å². The van der Waals surface area contributed by atoms with Gasteiger partial charge in [-0.1, -0.05) is 66.2 Å². The Kier molecular flexibility index (Phi) is 11.3. The molecule has 1 heterocycles. The number of halogens is 1. The molecule has 0 aliphatic heterocycles. The summed E-state index contributed by atoms with van der Waals surface area (Å²) in [6.07, 6.45) is 8.71. The van der Waals surface area contributed by atoms with Gasteiger partial charge in [-0.15, -0.1) is 0 Å². The van der Waals surface area contributed by atoms with Crippen molar-refractivity contribution in [2.45, 2.75) is 73.1 Å². The van der Waals surface area contributed by atoms with Gasteiger partial charge in [-0.05, 0) is 40.8 Å². The molecule has 1 fully saturated rings. The van der Waals surface area contributed by atoms with Crippen LogP contribution in [-0.4, -0.2) is 4.98 Å². The maximum Gasteiger partial charge on any atom is 0.138 e. The van der Waals surface area contributed by atoms with E-state index in [4.69, 9.17) is 11.5 Å². The van der Waals surface area contributed by atoms with Gasteiger partial charge in [0.2, 0.25) is 0 Å². The average molecular weight is 372 g/mol. The average Bonchev–Trinajstić information content (AvgIpc) is 2.48. The van der Waals surface area contributed by atoms with Crippen LogP contribution in [0.5, 0.6) is 0 Å². The minimum Gasteiger partial charge on any atom is -0.397 e. The first-order valence-electron chi connectivity index (χ1n) is 8.51. The van der Waals surface area contributed by atoms with Gasteiger partial charge in [0.15, 0.2) is 0 Å². The van der Waals surface area contributed by atoms with Crippen LogP contribution < -0.4 is 11.5 Å². The predicted molar refractivity (Wildman–Crippen MR) is 103 cm³/mol. The first-order valence-corrected chi connectivity index (χ1v) is 9.30. The number of pyridine rings is 1. The molecule has 0 bridgehead atoms. The van der Waals surface area contributed by atoms with E-state index < -0.39 is 0 Å². The molecular weight excluding hydrogens is 338 g/mol. The lowest BCUT2D eigenvalue weighted by Crippen LogP contribution is -2.12. The van der Waals surface area contributed by atoms with Gasteiger partial charge in [0.1, 0.15) is 5.82 Å². The molecule has 1 aliphatic rings. The van der Waals surface area contributed by atoms with Gasteiger partial charge in [0, 0.05) is 0 Å². The fourth-order valence-electron chi connectivity index (χ4n) is 2.41. The molecular formula is C18H34BrN3. The Balaban J connectivity index is 0.000000342. The van der Waals surface area contributed by atoms with E-state index >= 15 is 0 Å². The van der Waals surface area contributed by atoms with Gasteiger partial charge in [0.25, 0.3) is 0 Å². The normalized spacial score (nSPS) is 14.7. The Bertz CT molecular complexity index is 363. The minimum absolute atomic E-state index is 0.478. The van der Waals surface area contributed by atoms with Gasteiger partial charge in [-0.2, -0.15) is 0 Å². The van der Waals surface area contributed by atoms with E-state index in [-0.39, 0.29) is 0 Å². The zero-order valence-corrected chi connectivity index (χ0v) is 16.5. The summed E-state index contributed by atoms with van der Waals surface area (Å²) in [5.41, 5.74) is 12.4. The second-order valence-corrected chi connectivity index (χ2v) is 7.23. The molecule has 0 spiro atoms. The number of anilines is 2. The minimum atomic E-state index is 0.478. The summed E-state index contributed by atoms with van der Waals surface area (Å²) in [6.45, 7) is 10.8. The molecule has 1 aromatic rings. The summed E-state index contributed by atoms with van der Waals surface area (Å²) < 4.78 is 0.746. The van der Waals surface area contributed by atoms with Crippen LogP contribution in [0, 0.1) is 18.8 Å². The van der Waals surface area contributed by atoms with Crippen molar-refractivity contribution in [3.8, 4) is 0 Å². The number of hydrogen-bond donors (Lipinski definition) is 2. The Morgan fingerprint density at radius 1 is 1.18 bits per heavy atom. The number of nitrogens with two attached hydrogens (primary N) is 2. The molecule has 4 N–H and O–H groups in total. The Morgan fingerprint density at radius 3 is 2.05 bits per heavy atom. The van der Waals surface area contributed by atoms with Crippen LogP contribution in [0.1, 0.15) is 71.9 Å². The van der Waals surface area contributed by atoms with E-state index in [0.29, 0.717) is 11.5 Å². The maximum absolute atomic E-state index is 5.54. The zero-order chi connectivity index (χ0) is 17.1. The Hall–Kier alpha value is -0.770. The number of hydrogen-bond acceptors (Lipinski definition) is 3. The maximum atomic E-state index is 5.54. The molecule has 0 unspecified atom stereocenters. The molecule has 2 rings (SSSR count). The van der Waals surface area contributed by atoms with Crippen molar-refractivity contribution in [3.05, 3.63) is 16.2 Å². The summed E-state index contributed by atoms with van der Waals surface area (Å²) in [7, 11) is 0. The van der Waals surface area contributed by atoms with Crippen molar-refractivity contribution in [3.63, 3.8) is 0 Å². The monoisotopic (exact) mass is 371 g/mol.